The molecule has 1 aromatic carbocycles. The van der Waals surface area contributed by atoms with Gasteiger partial charge in [-0.2, -0.15) is 0 Å². The van der Waals surface area contributed by atoms with Crippen LogP contribution < -0.4 is 4.74 Å². The molecule has 20 heavy (non-hydrogen) atoms. The standard InChI is InChI=1S/C16H22O4/c1-4-20-16(17)10-5-13(2)11-19-12-14-6-8-15(18-3)9-7-14/h5-10,13H,4,11-12H2,1-3H3/b10-5+/t13-/m1/s1. The zero-order valence-corrected chi connectivity index (χ0v) is 12.3. The first kappa shape index (κ1) is 16.2. The van der Waals surface area contributed by atoms with E-state index in [1.807, 2.05) is 31.2 Å². The molecule has 0 unspecified atom stereocenters. The lowest BCUT2D eigenvalue weighted by atomic mass is 10.2. The summed E-state index contributed by atoms with van der Waals surface area (Å²) in [6.07, 6.45) is 3.25. The van der Waals surface area contributed by atoms with Crippen LogP contribution in [0.2, 0.25) is 0 Å². The number of hydrogen-bond donors (Lipinski definition) is 0. The molecule has 1 rings (SSSR count). The largest absolute Gasteiger partial charge is 0.497 e. The number of hydrogen-bond acceptors (Lipinski definition) is 4. The van der Waals surface area contributed by atoms with E-state index in [0.717, 1.165) is 11.3 Å². The molecule has 0 aliphatic carbocycles. The molecule has 0 bridgehead atoms. The van der Waals surface area contributed by atoms with Crippen molar-refractivity contribution in [1.29, 1.82) is 0 Å². The van der Waals surface area contributed by atoms with E-state index in [4.69, 9.17) is 14.2 Å². The Morgan fingerprint density at radius 1 is 1.30 bits per heavy atom. The smallest absolute Gasteiger partial charge is 0.330 e. The van der Waals surface area contributed by atoms with Gasteiger partial charge in [0, 0.05) is 6.08 Å². The Morgan fingerprint density at radius 2 is 2.00 bits per heavy atom. The monoisotopic (exact) mass is 278 g/mol. The summed E-state index contributed by atoms with van der Waals surface area (Å²) in [5, 5.41) is 0. The van der Waals surface area contributed by atoms with Gasteiger partial charge >= 0.3 is 5.97 Å². The van der Waals surface area contributed by atoms with Gasteiger partial charge in [0.1, 0.15) is 5.75 Å². The van der Waals surface area contributed by atoms with Crippen molar-refractivity contribution in [3.63, 3.8) is 0 Å². The topological polar surface area (TPSA) is 44.8 Å². The maximum Gasteiger partial charge on any atom is 0.330 e. The minimum Gasteiger partial charge on any atom is -0.497 e. The quantitative estimate of drug-likeness (QED) is 0.541. The van der Waals surface area contributed by atoms with Crippen molar-refractivity contribution in [2.75, 3.05) is 20.3 Å². The number of methoxy groups -OCH3 is 1. The average molecular weight is 278 g/mol. The lowest BCUT2D eigenvalue weighted by molar-refractivity contribution is -0.137. The molecule has 110 valence electrons. The van der Waals surface area contributed by atoms with Gasteiger partial charge in [0.05, 0.1) is 26.9 Å². The van der Waals surface area contributed by atoms with Crippen molar-refractivity contribution < 1.29 is 19.0 Å². The van der Waals surface area contributed by atoms with E-state index in [1.165, 1.54) is 6.08 Å². The molecule has 0 amide bonds. The highest BCUT2D eigenvalue weighted by Crippen LogP contribution is 2.12. The van der Waals surface area contributed by atoms with E-state index in [-0.39, 0.29) is 11.9 Å². The zero-order valence-electron chi connectivity index (χ0n) is 12.3. The first-order valence-corrected chi connectivity index (χ1v) is 6.71. The van der Waals surface area contributed by atoms with Crippen LogP contribution in [0.15, 0.2) is 36.4 Å². The maximum atomic E-state index is 11.1. The van der Waals surface area contributed by atoms with Crippen LogP contribution in [-0.4, -0.2) is 26.3 Å². The molecule has 4 heteroatoms. The molecule has 0 aliphatic heterocycles. The van der Waals surface area contributed by atoms with Crippen LogP contribution in [0.25, 0.3) is 0 Å². The van der Waals surface area contributed by atoms with Gasteiger partial charge in [-0.1, -0.05) is 25.1 Å². The van der Waals surface area contributed by atoms with Crippen molar-refractivity contribution in [1.82, 2.24) is 0 Å². The Labute approximate surface area is 120 Å². The summed E-state index contributed by atoms with van der Waals surface area (Å²) in [7, 11) is 1.64. The average Bonchev–Trinajstić information content (AvgIpc) is 2.46. The van der Waals surface area contributed by atoms with Gasteiger partial charge in [0.25, 0.3) is 0 Å². The van der Waals surface area contributed by atoms with Crippen molar-refractivity contribution in [2.45, 2.75) is 20.5 Å². The van der Waals surface area contributed by atoms with E-state index >= 15 is 0 Å². The second kappa shape index (κ2) is 9.15. The number of esters is 1. The molecule has 1 atom stereocenters. The third kappa shape index (κ3) is 6.38. The molecule has 0 saturated heterocycles. The maximum absolute atomic E-state index is 11.1. The minimum atomic E-state index is -0.311. The van der Waals surface area contributed by atoms with Crippen LogP contribution in [0.4, 0.5) is 0 Å². The normalized spacial score (nSPS) is 12.3. The Balaban J connectivity index is 2.27. The highest BCUT2D eigenvalue weighted by Gasteiger charge is 2.01. The SMILES string of the molecule is CCOC(=O)/C=C/[C@@H](C)COCc1ccc(OC)cc1. The molecule has 0 heterocycles. The zero-order chi connectivity index (χ0) is 14.8. The van der Waals surface area contributed by atoms with Crippen LogP contribution in [-0.2, 0) is 20.9 Å². The molecular weight excluding hydrogens is 256 g/mol. The molecule has 1 aromatic rings. The van der Waals surface area contributed by atoms with Gasteiger partial charge in [0.2, 0.25) is 0 Å². The summed E-state index contributed by atoms with van der Waals surface area (Å²) in [4.78, 5) is 11.1. The summed E-state index contributed by atoms with van der Waals surface area (Å²) >= 11 is 0. The lowest BCUT2D eigenvalue weighted by Gasteiger charge is -2.08. The summed E-state index contributed by atoms with van der Waals surface area (Å²) in [5.74, 6) is 0.687. The fraction of sp³-hybridized carbons (Fsp3) is 0.438. The summed E-state index contributed by atoms with van der Waals surface area (Å²) in [5.41, 5.74) is 1.09. The second-order valence-corrected chi connectivity index (χ2v) is 4.45. The van der Waals surface area contributed by atoms with Crippen LogP contribution in [0.3, 0.4) is 0 Å². The molecule has 0 aliphatic rings. The Hall–Kier alpha value is -1.81. The first-order valence-electron chi connectivity index (χ1n) is 6.71. The molecule has 0 fully saturated rings. The van der Waals surface area contributed by atoms with Crippen LogP contribution in [0, 0.1) is 5.92 Å². The molecule has 0 radical (unpaired) electrons. The predicted octanol–water partition coefficient (Wildman–Crippen LogP) is 2.97. The van der Waals surface area contributed by atoms with Gasteiger partial charge in [-0.15, -0.1) is 0 Å². The van der Waals surface area contributed by atoms with Crippen molar-refractivity contribution >= 4 is 5.97 Å². The van der Waals surface area contributed by atoms with Gasteiger partial charge in [0.15, 0.2) is 0 Å². The first-order chi connectivity index (χ1) is 9.65. The highest BCUT2D eigenvalue weighted by atomic mass is 16.5. The third-order valence-electron chi connectivity index (χ3n) is 2.66. The molecule has 0 aromatic heterocycles. The summed E-state index contributed by atoms with van der Waals surface area (Å²) < 4.78 is 15.5. The van der Waals surface area contributed by atoms with Crippen LogP contribution >= 0.6 is 0 Å². The van der Waals surface area contributed by atoms with Crippen molar-refractivity contribution in [2.24, 2.45) is 5.92 Å². The summed E-state index contributed by atoms with van der Waals surface area (Å²) in [6.45, 7) is 5.27. The van der Waals surface area contributed by atoms with E-state index < -0.39 is 0 Å². The molecule has 0 N–H and O–H groups in total. The fourth-order valence-electron chi connectivity index (χ4n) is 1.57. The second-order valence-electron chi connectivity index (χ2n) is 4.45. The highest BCUT2D eigenvalue weighted by molar-refractivity contribution is 5.81. The molecule has 4 nitrogen and oxygen atoms in total. The third-order valence-corrected chi connectivity index (χ3v) is 2.66. The number of carbonyl (C=O) groups excluding carboxylic acids is 1. The van der Waals surface area contributed by atoms with E-state index in [0.29, 0.717) is 19.8 Å². The summed E-state index contributed by atoms with van der Waals surface area (Å²) in [6, 6.07) is 7.75. The molecule has 0 saturated carbocycles. The predicted molar refractivity (Wildman–Crippen MR) is 77.6 cm³/mol. The van der Waals surface area contributed by atoms with Gasteiger partial charge < -0.3 is 14.2 Å². The van der Waals surface area contributed by atoms with Crippen molar-refractivity contribution in [3.8, 4) is 5.75 Å². The van der Waals surface area contributed by atoms with E-state index in [1.54, 1.807) is 20.1 Å². The number of carbonyl (C=O) groups is 1. The Bertz CT molecular complexity index is 423. The van der Waals surface area contributed by atoms with Gasteiger partial charge in [-0.05, 0) is 30.5 Å². The Kier molecular flexibility index (Phi) is 7.43. The minimum absolute atomic E-state index is 0.164. The lowest BCUT2D eigenvalue weighted by Crippen LogP contribution is -2.05. The fourth-order valence-corrected chi connectivity index (χ4v) is 1.57. The van der Waals surface area contributed by atoms with Crippen LogP contribution in [0.1, 0.15) is 19.4 Å². The molecule has 0 spiro atoms. The van der Waals surface area contributed by atoms with Crippen LogP contribution in [0.5, 0.6) is 5.75 Å². The van der Waals surface area contributed by atoms with Gasteiger partial charge in [-0.25, -0.2) is 4.79 Å². The number of ether oxygens (including phenoxy) is 3. The number of rotatable bonds is 8. The van der Waals surface area contributed by atoms with E-state index in [9.17, 15) is 4.79 Å². The van der Waals surface area contributed by atoms with E-state index in [2.05, 4.69) is 0 Å². The molecular formula is C16H22O4. The Morgan fingerprint density at radius 3 is 2.60 bits per heavy atom. The van der Waals surface area contributed by atoms with Gasteiger partial charge in [-0.3, -0.25) is 0 Å². The number of benzene rings is 1. The van der Waals surface area contributed by atoms with Crippen molar-refractivity contribution in [3.05, 3.63) is 42.0 Å².